The molecule has 0 spiro atoms. The van der Waals surface area contributed by atoms with Gasteiger partial charge in [0.05, 0.1) is 6.54 Å². The molecule has 96 valence electrons. The van der Waals surface area contributed by atoms with Crippen molar-refractivity contribution < 1.29 is 0 Å². The normalized spacial score (nSPS) is 12.8. The summed E-state index contributed by atoms with van der Waals surface area (Å²) in [5.74, 6) is 0. The molecule has 0 rings (SSSR count). The van der Waals surface area contributed by atoms with Gasteiger partial charge in [-0.1, -0.05) is 5.18 Å². The SMILES string of the molecule is CC(C)N(CCNC(C)(C)CN=O)C(C)C. The van der Waals surface area contributed by atoms with Crippen LogP contribution in [0.5, 0.6) is 0 Å². The van der Waals surface area contributed by atoms with Gasteiger partial charge in [0, 0.05) is 30.7 Å². The van der Waals surface area contributed by atoms with Crippen LogP contribution in [0.4, 0.5) is 0 Å². The van der Waals surface area contributed by atoms with Crippen molar-refractivity contribution in [3.8, 4) is 0 Å². The Bertz CT molecular complexity index is 194. The topological polar surface area (TPSA) is 44.7 Å². The van der Waals surface area contributed by atoms with E-state index in [1.807, 2.05) is 13.8 Å². The minimum Gasteiger partial charge on any atom is -0.309 e. The molecule has 16 heavy (non-hydrogen) atoms. The highest BCUT2D eigenvalue weighted by molar-refractivity contribution is 4.80. The van der Waals surface area contributed by atoms with E-state index in [0.717, 1.165) is 13.1 Å². The molecule has 0 radical (unpaired) electrons. The first kappa shape index (κ1) is 15.5. The summed E-state index contributed by atoms with van der Waals surface area (Å²) in [4.78, 5) is 12.7. The standard InChI is InChI=1S/C12H27N3O/c1-10(2)15(11(3)4)8-7-13-12(5,6)9-14-16/h10-11,13H,7-9H2,1-6H3. The molecule has 0 amide bonds. The lowest BCUT2D eigenvalue weighted by molar-refractivity contribution is 0.170. The van der Waals surface area contributed by atoms with Gasteiger partial charge in [-0.05, 0) is 41.5 Å². The summed E-state index contributed by atoms with van der Waals surface area (Å²) in [5, 5.41) is 6.31. The molecule has 0 heterocycles. The van der Waals surface area contributed by atoms with E-state index >= 15 is 0 Å². The van der Waals surface area contributed by atoms with Crippen molar-refractivity contribution in [1.82, 2.24) is 10.2 Å². The predicted molar refractivity (Wildman–Crippen MR) is 69.7 cm³/mol. The summed E-state index contributed by atoms with van der Waals surface area (Å²) in [5.41, 5.74) is -0.193. The Morgan fingerprint density at radius 3 is 2.06 bits per heavy atom. The lowest BCUT2D eigenvalue weighted by atomic mass is 10.1. The molecule has 0 atom stereocenters. The summed E-state index contributed by atoms with van der Waals surface area (Å²) in [6, 6.07) is 1.10. The van der Waals surface area contributed by atoms with Crippen LogP contribution < -0.4 is 5.32 Å². The van der Waals surface area contributed by atoms with Gasteiger partial charge >= 0.3 is 0 Å². The Morgan fingerprint density at radius 1 is 1.19 bits per heavy atom. The molecule has 0 aromatic rings. The van der Waals surface area contributed by atoms with Crippen LogP contribution in [-0.2, 0) is 0 Å². The number of nitrogens with one attached hydrogen (secondary N) is 1. The van der Waals surface area contributed by atoms with Crippen molar-refractivity contribution in [2.24, 2.45) is 5.18 Å². The van der Waals surface area contributed by atoms with Gasteiger partial charge in [-0.2, -0.15) is 4.91 Å². The number of hydrogen-bond donors (Lipinski definition) is 1. The van der Waals surface area contributed by atoms with Gasteiger partial charge in [0.25, 0.3) is 0 Å². The first-order valence-corrected chi connectivity index (χ1v) is 6.10. The Kier molecular flexibility index (Phi) is 6.76. The number of nitrogens with zero attached hydrogens (tertiary/aromatic N) is 2. The molecule has 0 fully saturated rings. The van der Waals surface area contributed by atoms with Crippen LogP contribution in [0.15, 0.2) is 5.18 Å². The zero-order valence-electron chi connectivity index (χ0n) is 11.6. The fourth-order valence-corrected chi connectivity index (χ4v) is 1.85. The smallest absolute Gasteiger partial charge is 0.0987 e. The van der Waals surface area contributed by atoms with Gasteiger partial charge in [-0.3, -0.25) is 4.90 Å². The number of hydrogen-bond acceptors (Lipinski definition) is 4. The van der Waals surface area contributed by atoms with E-state index < -0.39 is 0 Å². The highest BCUT2D eigenvalue weighted by atomic mass is 16.3. The van der Waals surface area contributed by atoms with E-state index in [1.165, 1.54) is 0 Å². The van der Waals surface area contributed by atoms with E-state index in [-0.39, 0.29) is 5.54 Å². The largest absolute Gasteiger partial charge is 0.309 e. The van der Waals surface area contributed by atoms with Crippen molar-refractivity contribution >= 4 is 0 Å². The van der Waals surface area contributed by atoms with Crippen LogP contribution in [0.1, 0.15) is 41.5 Å². The first-order chi connectivity index (χ1) is 7.30. The minimum atomic E-state index is -0.193. The Labute approximate surface area is 99.8 Å². The van der Waals surface area contributed by atoms with Crippen LogP contribution >= 0.6 is 0 Å². The average Bonchev–Trinajstić information content (AvgIpc) is 2.10. The summed E-state index contributed by atoms with van der Waals surface area (Å²) in [6.45, 7) is 15.0. The fraction of sp³-hybridized carbons (Fsp3) is 1.00. The molecule has 0 aromatic heterocycles. The van der Waals surface area contributed by atoms with E-state index in [9.17, 15) is 4.91 Å². The second kappa shape index (κ2) is 6.97. The van der Waals surface area contributed by atoms with Crippen LogP contribution in [0.25, 0.3) is 0 Å². The Morgan fingerprint density at radius 2 is 1.69 bits per heavy atom. The maximum atomic E-state index is 10.2. The predicted octanol–water partition coefficient (Wildman–Crippen LogP) is 2.24. The summed E-state index contributed by atoms with van der Waals surface area (Å²) in [7, 11) is 0. The van der Waals surface area contributed by atoms with E-state index in [0.29, 0.717) is 18.6 Å². The summed E-state index contributed by atoms with van der Waals surface area (Å²) in [6.07, 6.45) is 0. The molecule has 0 saturated heterocycles. The molecule has 0 aliphatic rings. The maximum Gasteiger partial charge on any atom is 0.0987 e. The third-order valence-electron chi connectivity index (χ3n) is 2.76. The highest BCUT2D eigenvalue weighted by Crippen LogP contribution is 2.05. The van der Waals surface area contributed by atoms with Gasteiger partial charge < -0.3 is 5.32 Å². The van der Waals surface area contributed by atoms with E-state index in [1.54, 1.807) is 0 Å². The van der Waals surface area contributed by atoms with Crippen LogP contribution in [0, 0.1) is 4.91 Å². The second-order valence-electron chi connectivity index (χ2n) is 5.52. The van der Waals surface area contributed by atoms with Crippen LogP contribution in [-0.4, -0.2) is 42.2 Å². The molecular formula is C12H27N3O. The molecule has 0 saturated carbocycles. The van der Waals surface area contributed by atoms with Gasteiger partial charge in [0.15, 0.2) is 0 Å². The van der Waals surface area contributed by atoms with E-state index in [2.05, 4.69) is 43.1 Å². The zero-order chi connectivity index (χ0) is 12.8. The summed E-state index contributed by atoms with van der Waals surface area (Å²) < 4.78 is 0. The number of nitroso groups, excluding NO2 is 1. The fourth-order valence-electron chi connectivity index (χ4n) is 1.85. The second-order valence-corrected chi connectivity index (χ2v) is 5.52. The zero-order valence-corrected chi connectivity index (χ0v) is 11.6. The van der Waals surface area contributed by atoms with Crippen LogP contribution in [0.3, 0.4) is 0 Å². The molecule has 0 bridgehead atoms. The Hall–Kier alpha value is -0.480. The monoisotopic (exact) mass is 229 g/mol. The lowest BCUT2D eigenvalue weighted by Gasteiger charge is -2.32. The molecule has 0 aliphatic heterocycles. The quantitative estimate of drug-likeness (QED) is 0.649. The van der Waals surface area contributed by atoms with Crippen molar-refractivity contribution in [3.05, 3.63) is 4.91 Å². The van der Waals surface area contributed by atoms with Gasteiger partial charge in [-0.15, -0.1) is 0 Å². The minimum absolute atomic E-state index is 0.193. The highest BCUT2D eigenvalue weighted by Gasteiger charge is 2.18. The molecule has 4 heteroatoms. The molecule has 0 unspecified atom stereocenters. The summed E-state index contributed by atoms with van der Waals surface area (Å²) >= 11 is 0. The van der Waals surface area contributed by atoms with Gasteiger partial charge in [-0.25, -0.2) is 0 Å². The van der Waals surface area contributed by atoms with Crippen molar-refractivity contribution in [2.45, 2.75) is 59.2 Å². The Balaban J connectivity index is 3.99. The number of rotatable bonds is 8. The molecule has 0 aromatic carbocycles. The van der Waals surface area contributed by atoms with Crippen LogP contribution in [0.2, 0.25) is 0 Å². The first-order valence-electron chi connectivity index (χ1n) is 6.10. The molecule has 4 nitrogen and oxygen atoms in total. The van der Waals surface area contributed by atoms with E-state index in [4.69, 9.17) is 0 Å². The third-order valence-corrected chi connectivity index (χ3v) is 2.76. The maximum absolute atomic E-state index is 10.2. The van der Waals surface area contributed by atoms with Gasteiger partial charge in [0.2, 0.25) is 0 Å². The molecular weight excluding hydrogens is 202 g/mol. The average molecular weight is 229 g/mol. The molecule has 1 N–H and O–H groups in total. The third kappa shape index (κ3) is 6.18. The van der Waals surface area contributed by atoms with Crippen molar-refractivity contribution in [2.75, 3.05) is 19.6 Å². The molecule has 0 aliphatic carbocycles. The lowest BCUT2D eigenvalue weighted by Crippen LogP contribution is -2.48. The van der Waals surface area contributed by atoms with Crippen molar-refractivity contribution in [3.63, 3.8) is 0 Å². The van der Waals surface area contributed by atoms with Gasteiger partial charge in [0.1, 0.15) is 0 Å². The van der Waals surface area contributed by atoms with Crippen molar-refractivity contribution in [1.29, 1.82) is 0 Å².